The van der Waals surface area contributed by atoms with Crippen molar-refractivity contribution in [1.29, 1.82) is 0 Å². The lowest BCUT2D eigenvalue weighted by atomic mass is 10.2. The Balaban J connectivity index is 2.52. The average Bonchev–Trinajstić information content (AvgIpc) is 2.12. The smallest absolute Gasteiger partial charge is 0.169 e. The molecule has 1 heterocycles. The SMILES string of the molecule is CC(C)CNC(=S)N1CCS(=O)(=O)CC1C. The van der Waals surface area contributed by atoms with Crippen molar-refractivity contribution in [2.45, 2.75) is 26.8 Å². The molecule has 0 radical (unpaired) electrons. The van der Waals surface area contributed by atoms with Gasteiger partial charge in [-0.05, 0) is 25.1 Å². The lowest BCUT2D eigenvalue weighted by Gasteiger charge is -2.35. The van der Waals surface area contributed by atoms with Crippen LogP contribution in [0.4, 0.5) is 0 Å². The van der Waals surface area contributed by atoms with Crippen molar-refractivity contribution < 1.29 is 8.42 Å². The minimum Gasteiger partial charge on any atom is -0.362 e. The first-order valence-electron chi connectivity index (χ1n) is 5.56. The van der Waals surface area contributed by atoms with Crippen molar-refractivity contribution in [2.75, 3.05) is 24.6 Å². The first kappa shape index (κ1) is 13.7. The fourth-order valence-corrected chi connectivity index (χ4v) is 3.60. The van der Waals surface area contributed by atoms with E-state index in [1.807, 2.05) is 11.8 Å². The van der Waals surface area contributed by atoms with Crippen molar-refractivity contribution in [2.24, 2.45) is 5.92 Å². The van der Waals surface area contributed by atoms with Crippen LogP contribution in [0.3, 0.4) is 0 Å². The molecule has 1 unspecified atom stereocenters. The van der Waals surface area contributed by atoms with Gasteiger partial charge in [-0.1, -0.05) is 13.8 Å². The summed E-state index contributed by atoms with van der Waals surface area (Å²) in [6.45, 7) is 7.46. The van der Waals surface area contributed by atoms with Crippen molar-refractivity contribution >= 4 is 27.2 Å². The molecule has 0 aromatic heterocycles. The lowest BCUT2D eigenvalue weighted by molar-refractivity contribution is 0.346. The number of hydrogen-bond acceptors (Lipinski definition) is 3. The Bertz CT molecular complexity index is 352. The van der Waals surface area contributed by atoms with Gasteiger partial charge in [-0.25, -0.2) is 8.42 Å². The van der Waals surface area contributed by atoms with Crippen LogP contribution in [0.2, 0.25) is 0 Å². The molecule has 1 N–H and O–H groups in total. The third kappa shape index (κ3) is 3.90. The van der Waals surface area contributed by atoms with Crippen LogP contribution in [0.25, 0.3) is 0 Å². The molecule has 0 amide bonds. The van der Waals surface area contributed by atoms with Crippen LogP contribution in [-0.4, -0.2) is 49.1 Å². The van der Waals surface area contributed by atoms with E-state index >= 15 is 0 Å². The Hall–Kier alpha value is -0.360. The van der Waals surface area contributed by atoms with Crippen LogP contribution in [0.15, 0.2) is 0 Å². The van der Waals surface area contributed by atoms with E-state index in [0.29, 0.717) is 17.6 Å². The highest BCUT2D eigenvalue weighted by Crippen LogP contribution is 2.11. The molecule has 1 aliphatic rings. The van der Waals surface area contributed by atoms with Crippen LogP contribution in [0, 0.1) is 5.92 Å². The second kappa shape index (κ2) is 5.31. The number of hydrogen-bond donors (Lipinski definition) is 1. The molecule has 0 spiro atoms. The average molecular weight is 264 g/mol. The quantitative estimate of drug-likeness (QED) is 0.742. The second-order valence-electron chi connectivity index (χ2n) is 4.74. The fraction of sp³-hybridized carbons (Fsp3) is 0.900. The van der Waals surface area contributed by atoms with Gasteiger partial charge in [0.2, 0.25) is 0 Å². The maximum absolute atomic E-state index is 11.4. The zero-order chi connectivity index (χ0) is 12.3. The minimum absolute atomic E-state index is 0.0223. The summed E-state index contributed by atoms with van der Waals surface area (Å²) in [7, 11) is -2.86. The second-order valence-corrected chi connectivity index (χ2v) is 7.35. The van der Waals surface area contributed by atoms with Crippen molar-refractivity contribution in [3.05, 3.63) is 0 Å². The fourth-order valence-electron chi connectivity index (χ4n) is 1.69. The largest absolute Gasteiger partial charge is 0.362 e. The minimum atomic E-state index is -2.86. The van der Waals surface area contributed by atoms with E-state index in [2.05, 4.69) is 19.2 Å². The summed E-state index contributed by atoms with van der Waals surface area (Å²) in [5.74, 6) is 0.943. The van der Waals surface area contributed by atoms with Gasteiger partial charge in [0.1, 0.15) is 0 Å². The van der Waals surface area contributed by atoms with Gasteiger partial charge in [-0.15, -0.1) is 0 Å². The summed E-state index contributed by atoms with van der Waals surface area (Å²) in [5, 5.41) is 3.85. The monoisotopic (exact) mass is 264 g/mol. The van der Waals surface area contributed by atoms with Crippen LogP contribution < -0.4 is 5.32 Å². The lowest BCUT2D eigenvalue weighted by Crippen LogP contribution is -2.53. The van der Waals surface area contributed by atoms with Crippen molar-refractivity contribution in [3.8, 4) is 0 Å². The van der Waals surface area contributed by atoms with Crippen LogP contribution in [-0.2, 0) is 9.84 Å². The topological polar surface area (TPSA) is 49.4 Å². The summed E-state index contributed by atoms with van der Waals surface area (Å²) in [5.41, 5.74) is 0. The van der Waals surface area contributed by atoms with Gasteiger partial charge in [0.15, 0.2) is 14.9 Å². The predicted molar refractivity (Wildman–Crippen MR) is 70.3 cm³/mol. The number of nitrogens with one attached hydrogen (secondary N) is 1. The molecule has 1 aliphatic heterocycles. The zero-order valence-corrected chi connectivity index (χ0v) is 11.7. The molecule has 1 atom stereocenters. The Morgan fingerprint density at radius 1 is 1.56 bits per heavy atom. The molecule has 0 saturated carbocycles. The van der Waals surface area contributed by atoms with Crippen molar-refractivity contribution in [3.63, 3.8) is 0 Å². The number of nitrogens with zero attached hydrogens (tertiary/aromatic N) is 1. The van der Waals surface area contributed by atoms with Gasteiger partial charge in [-0.2, -0.15) is 0 Å². The Morgan fingerprint density at radius 3 is 2.69 bits per heavy atom. The standard InChI is InChI=1S/C10H20N2O2S2/c1-8(2)6-11-10(15)12-4-5-16(13,14)7-9(12)3/h8-9H,4-7H2,1-3H3,(H,11,15). The van der Waals surface area contributed by atoms with Crippen LogP contribution in [0.1, 0.15) is 20.8 Å². The van der Waals surface area contributed by atoms with Gasteiger partial charge in [-0.3, -0.25) is 0 Å². The number of thiocarbonyl (C=S) groups is 1. The van der Waals surface area contributed by atoms with Gasteiger partial charge < -0.3 is 10.2 Å². The highest BCUT2D eigenvalue weighted by atomic mass is 32.2. The number of rotatable bonds is 2. The van der Waals surface area contributed by atoms with Crippen molar-refractivity contribution in [1.82, 2.24) is 10.2 Å². The molecule has 1 fully saturated rings. The van der Waals surface area contributed by atoms with Crippen LogP contribution >= 0.6 is 12.2 Å². The summed E-state index contributed by atoms with van der Waals surface area (Å²) in [4.78, 5) is 1.97. The molecular weight excluding hydrogens is 244 g/mol. The zero-order valence-electron chi connectivity index (χ0n) is 10.1. The van der Waals surface area contributed by atoms with E-state index in [9.17, 15) is 8.42 Å². The normalized spacial score (nSPS) is 24.5. The molecule has 0 aromatic carbocycles. The molecule has 0 bridgehead atoms. The summed E-state index contributed by atoms with van der Waals surface area (Å²) >= 11 is 5.26. The van der Waals surface area contributed by atoms with E-state index < -0.39 is 9.84 Å². The summed E-state index contributed by atoms with van der Waals surface area (Å²) < 4.78 is 22.8. The summed E-state index contributed by atoms with van der Waals surface area (Å²) in [6.07, 6.45) is 0. The van der Waals surface area contributed by atoms with Gasteiger partial charge in [0.25, 0.3) is 0 Å². The van der Waals surface area contributed by atoms with E-state index in [0.717, 1.165) is 6.54 Å². The predicted octanol–water partition coefficient (Wildman–Crippen LogP) is 0.636. The van der Waals surface area contributed by atoms with E-state index in [1.54, 1.807) is 0 Å². The first-order valence-corrected chi connectivity index (χ1v) is 7.79. The highest BCUT2D eigenvalue weighted by Gasteiger charge is 2.29. The highest BCUT2D eigenvalue weighted by molar-refractivity contribution is 7.91. The van der Waals surface area contributed by atoms with Gasteiger partial charge in [0, 0.05) is 19.1 Å². The Kier molecular flexibility index (Phi) is 4.55. The Labute approximate surface area is 103 Å². The third-order valence-electron chi connectivity index (χ3n) is 2.59. The molecule has 0 aliphatic carbocycles. The maximum Gasteiger partial charge on any atom is 0.169 e. The Morgan fingerprint density at radius 2 is 2.19 bits per heavy atom. The third-order valence-corrected chi connectivity index (χ3v) is 4.77. The molecule has 6 heteroatoms. The first-order chi connectivity index (χ1) is 7.32. The molecule has 94 valence electrons. The molecule has 16 heavy (non-hydrogen) atoms. The summed E-state index contributed by atoms with van der Waals surface area (Å²) in [6, 6.07) is -0.0223. The maximum atomic E-state index is 11.4. The van der Waals surface area contributed by atoms with E-state index in [-0.39, 0.29) is 17.5 Å². The molecule has 0 aromatic rings. The van der Waals surface area contributed by atoms with Gasteiger partial charge in [0.05, 0.1) is 11.5 Å². The number of sulfone groups is 1. The van der Waals surface area contributed by atoms with Crippen LogP contribution in [0.5, 0.6) is 0 Å². The van der Waals surface area contributed by atoms with E-state index in [1.165, 1.54) is 0 Å². The molecule has 4 nitrogen and oxygen atoms in total. The van der Waals surface area contributed by atoms with Gasteiger partial charge >= 0.3 is 0 Å². The van der Waals surface area contributed by atoms with E-state index in [4.69, 9.17) is 12.2 Å². The molecule has 1 rings (SSSR count). The molecule has 1 saturated heterocycles. The molecular formula is C10H20N2O2S2.